The molecule has 2 aromatic rings. The van der Waals surface area contributed by atoms with Crippen LogP contribution in [0.5, 0.6) is 5.75 Å². The normalized spacial score (nSPS) is 10.5. The maximum absolute atomic E-state index is 9.58. The van der Waals surface area contributed by atoms with Crippen LogP contribution in [-0.4, -0.2) is 5.11 Å². The molecule has 0 spiro atoms. The molecule has 2 rings (SSSR count). The molecule has 0 aliphatic rings. The van der Waals surface area contributed by atoms with Crippen molar-refractivity contribution >= 4 is 33.0 Å². The maximum atomic E-state index is 9.58. The fraction of sp³-hybridized carbons (Fsp3) is 0.231. The van der Waals surface area contributed by atoms with Crippen LogP contribution in [0.2, 0.25) is 0 Å². The van der Waals surface area contributed by atoms with Gasteiger partial charge in [0.1, 0.15) is 5.75 Å². The van der Waals surface area contributed by atoms with Crippen molar-refractivity contribution in [2.24, 2.45) is 0 Å². The van der Waals surface area contributed by atoms with E-state index in [1.54, 1.807) is 17.4 Å². The maximum Gasteiger partial charge on any atom is 0.118 e. The fourth-order valence-corrected chi connectivity index (χ4v) is 2.84. The van der Waals surface area contributed by atoms with Crippen molar-refractivity contribution < 1.29 is 5.11 Å². The lowest BCUT2D eigenvalue weighted by Gasteiger charge is -2.11. The van der Waals surface area contributed by atoms with Crippen molar-refractivity contribution in [1.82, 2.24) is 0 Å². The molecule has 2 nitrogen and oxygen atoms in total. The lowest BCUT2D eigenvalue weighted by Crippen LogP contribution is -2.00. The number of hydrogen-bond acceptors (Lipinski definition) is 3. The number of rotatable bonds is 3. The number of benzene rings is 1. The Bertz CT molecular complexity index is 536. The zero-order valence-corrected chi connectivity index (χ0v) is 12.2. The largest absolute Gasteiger partial charge is 0.508 e. The molecular formula is C13H14BrNOS. The van der Waals surface area contributed by atoms with Gasteiger partial charge in [0, 0.05) is 12.2 Å². The van der Waals surface area contributed by atoms with Crippen LogP contribution in [0.3, 0.4) is 0 Å². The monoisotopic (exact) mass is 311 g/mol. The van der Waals surface area contributed by atoms with Crippen LogP contribution in [0.25, 0.3) is 0 Å². The van der Waals surface area contributed by atoms with Crippen molar-refractivity contribution in [1.29, 1.82) is 0 Å². The third-order valence-electron chi connectivity index (χ3n) is 2.65. The average molecular weight is 312 g/mol. The summed E-state index contributed by atoms with van der Waals surface area (Å²) in [5.74, 6) is 0.353. The lowest BCUT2D eigenvalue weighted by molar-refractivity contribution is 0.471. The minimum Gasteiger partial charge on any atom is -0.508 e. The van der Waals surface area contributed by atoms with Crippen molar-refractivity contribution in [3.8, 4) is 5.75 Å². The number of phenolic OH excluding ortho intramolecular Hbond substituents is 1. The first-order valence-electron chi connectivity index (χ1n) is 5.33. The molecule has 1 aromatic heterocycles. The van der Waals surface area contributed by atoms with E-state index in [1.807, 2.05) is 19.9 Å². The summed E-state index contributed by atoms with van der Waals surface area (Å²) in [6.45, 7) is 4.69. The lowest BCUT2D eigenvalue weighted by atomic mass is 10.1. The molecule has 0 saturated heterocycles. The molecule has 0 saturated carbocycles. The number of phenols is 1. The Balaban J connectivity index is 2.11. The van der Waals surface area contributed by atoms with Crippen molar-refractivity contribution in [2.45, 2.75) is 20.4 Å². The van der Waals surface area contributed by atoms with Crippen LogP contribution < -0.4 is 5.32 Å². The number of anilines is 1. The molecule has 1 heterocycles. The zero-order valence-electron chi connectivity index (χ0n) is 9.75. The Kier molecular flexibility index (Phi) is 3.74. The van der Waals surface area contributed by atoms with Crippen molar-refractivity contribution in [2.75, 3.05) is 5.32 Å². The van der Waals surface area contributed by atoms with Crippen LogP contribution in [0.15, 0.2) is 27.4 Å². The van der Waals surface area contributed by atoms with Crippen molar-refractivity contribution in [3.05, 3.63) is 44.1 Å². The van der Waals surface area contributed by atoms with E-state index in [4.69, 9.17) is 0 Å². The minimum absolute atomic E-state index is 0.353. The highest BCUT2D eigenvalue weighted by molar-refractivity contribution is 9.11. The summed E-state index contributed by atoms with van der Waals surface area (Å²) in [5.41, 5.74) is 4.28. The molecule has 17 heavy (non-hydrogen) atoms. The second-order valence-corrected chi connectivity index (χ2v) is 6.36. The molecule has 1 aromatic carbocycles. The number of aryl methyl sites for hydroxylation is 2. The fourth-order valence-electron chi connectivity index (χ4n) is 1.63. The molecule has 0 radical (unpaired) electrons. The molecule has 0 bridgehead atoms. The minimum atomic E-state index is 0.353. The molecule has 90 valence electrons. The van der Waals surface area contributed by atoms with Gasteiger partial charge in [-0.25, -0.2) is 0 Å². The first-order valence-corrected chi connectivity index (χ1v) is 7.00. The van der Waals surface area contributed by atoms with Gasteiger partial charge >= 0.3 is 0 Å². The van der Waals surface area contributed by atoms with Crippen LogP contribution in [0, 0.1) is 13.8 Å². The molecule has 0 aliphatic carbocycles. The molecule has 0 aliphatic heterocycles. The Morgan fingerprint density at radius 3 is 2.65 bits per heavy atom. The first kappa shape index (κ1) is 12.5. The standard InChI is InChI=1S/C13H14BrNOS/c1-8-4-12(16)9(2)3-11(8)15-6-10-5-13(14)17-7-10/h3-5,7,15-16H,6H2,1-2H3. The van der Waals surface area contributed by atoms with E-state index in [9.17, 15) is 5.11 Å². The Labute approximate surface area is 113 Å². The van der Waals surface area contributed by atoms with Gasteiger partial charge in [0.25, 0.3) is 0 Å². The highest BCUT2D eigenvalue weighted by atomic mass is 79.9. The molecule has 2 N–H and O–H groups in total. The van der Waals surface area contributed by atoms with Gasteiger partial charge in [-0.2, -0.15) is 0 Å². The number of halogens is 1. The highest BCUT2D eigenvalue weighted by Crippen LogP contribution is 2.26. The smallest absolute Gasteiger partial charge is 0.118 e. The summed E-state index contributed by atoms with van der Waals surface area (Å²) >= 11 is 5.14. The van der Waals surface area contributed by atoms with E-state index in [1.165, 1.54) is 5.56 Å². The van der Waals surface area contributed by atoms with Gasteiger partial charge in [-0.15, -0.1) is 11.3 Å². The second kappa shape index (κ2) is 5.10. The number of nitrogens with one attached hydrogen (secondary N) is 1. The second-order valence-electron chi connectivity index (χ2n) is 4.07. The number of hydrogen-bond donors (Lipinski definition) is 2. The Hall–Kier alpha value is -1.00. The summed E-state index contributed by atoms with van der Waals surface area (Å²) in [5, 5.41) is 15.1. The Morgan fingerprint density at radius 2 is 2.00 bits per heavy atom. The van der Waals surface area contributed by atoms with E-state index in [0.29, 0.717) is 5.75 Å². The van der Waals surface area contributed by atoms with Crippen LogP contribution in [0.1, 0.15) is 16.7 Å². The van der Waals surface area contributed by atoms with E-state index >= 15 is 0 Å². The van der Waals surface area contributed by atoms with E-state index in [2.05, 4.69) is 32.7 Å². The first-order chi connectivity index (χ1) is 8.06. The van der Waals surface area contributed by atoms with E-state index in [0.717, 1.165) is 27.1 Å². The van der Waals surface area contributed by atoms with Crippen LogP contribution in [-0.2, 0) is 6.54 Å². The molecule has 0 atom stereocenters. The van der Waals surface area contributed by atoms with Crippen LogP contribution >= 0.6 is 27.3 Å². The van der Waals surface area contributed by atoms with Gasteiger partial charge < -0.3 is 10.4 Å². The molecule has 4 heteroatoms. The molecule has 0 fully saturated rings. The molecule has 0 amide bonds. The summed E-state index contributed by atoms with van der Waals surface area (Å²) < 4.78 is 1.15. The average Bonchev–Trinajstić information content (AvgIpc) is 2.68. The summed E-state index contributed by atoms with van der Waals surface area (Å²) in [4.78, 5) is 0. The molecule has 0 unspecified atom stereocenters. The third kappa shape index (κ3) is 3.01. The Morgan fingerprint density at radius 1 is 1.24 bits per heavy atom. The number of aromatic hydroxyl groups is 1. The van der Waals surface area contributed by atoms with Crippen LogP contribution in [0.4, 0.5) is 5.69 Å². The summed E-state index contributed by atoms with van der Waals surface area (Å²) in [6, 6.07) is 5.88. The predicted molar refractivity (Wildman–Crippen MR) is 76.9 cm³/mol. The highest BCUT2D eigenvalue weighted by Gasteiger charge is 2.04. The van der Waals surface area contributed by atoms with Gasteiger partial charge in [-0.3, -0.25) is 0 Å². The van der Waals surface area contributed by atoms with Gasteiger partial charge in [-0.05, 0) is 70.0 Å². The van der Waals surface area contributed by atoms with Gasteiger partial charge in [0.15, 0.2) is 0 Å². The SMILES string of the molecule is Cc1cc(NCc2csc(Br)c2)c(C)cc1O. The predicted octanol–water partition coefficient (Wildman–Crippen LogP) is 4.45. The zero-order chi connectivity index (χ0) is 12.4. The van der Waals surface area contributed by atoms with Gasteiger partial charge in [-0.1, -0.05) is 0 Å². The van der Waals surface area contributed by atoms with Gasteiger partial charge in [0.05, 0.1) is 3.79 Å². The third-order valence-corrected chi connectivity index (χ3v) is 4.20. The van der Waals surface area contributed by atoms with Gasteiger partial charge in [0.2, 0.25) is 0 Å². The topological polar surface area (TPSA) is 32.3 Å². The summed E-state index contributed by atoms with van der Waals surface area (Å²) in [7, 11) is 0. The number of thiophene rings is 1. The quantitative estimate of drug-likeness (QED) is 0.821. The van der Waals surface area contributed by atoms with E-state index in [-0.39, 0.29) is 0 Å². The van der Waals surface area contributed by atoms with Crippen molar-refractivity contribution in [3.63, 3.8) is 0 Å². The summed E-state index contributed by atoms with van der Waals surface area (Å²) in [6.07, 6.45) is 0. The van der Waals surface area contributed by atoms with E-state index < -0.39 is 0 Å². The molecular weight excluding hydrogens is 298 g/mol.